The Morgan fingerprint density at radius 1 is 0.680 bits per heavy atom. The number of carbonyl (C=O) groups is 6. The maximum Gasteiger partial charge on any atom is 0.326 e. The van der Waals surface area contributed by atoms with Crippen molar-refractivity contribution < 1.29 is 49.2 Å². The van der Waals surface area contributed by atoms with E-state index in [0.717, 1.165) is 0 Å². The second kappa shape index (κ2) is 21.1. The Morgan fingerprint density at radius 3 is 1.76 bits per heavy atom. The van der Waals surface area contributed by atoms with E-state index in [2.05, 4.69) is 26.6 Å². The lowest BCUT2D eigenvalue weighted by Crippen LogP contribution is -2.61. The SMILES string of the molecule is C[C@@H](O)[C@H](NC(=O)CN)C(=O)N[C@@H](CO)C(=O)N[C@@H](CCCCN)C(=O)N[C@@H](Cc1ccccc1)C(=O)N[C@@H](Cc1ccc(O)cc1)C(=O)O. The van der Waals surface area contributed by atoms with Crippen molar-refractivity contribution in [2.45, 2.75) is 75.3 Å². The van der Waals surface area contributed by atoms with Gasteiger partial charge in [-0.05, 0) is 56.0 Å². The van der Waals surface area contributed by atoms with Crippen LogP contribution in [0.2, 0.25) is 0 Å². The first-order valence-electron chi connectivity index (χ1n) is 16.0. The highest BCUT2D eigenvalue weighted by atomic mass is 16.4. The Balaban J connectivity index is 2.28. The van der Waals surface area contributed by atoms with Gasteiger partial charge in [-0.25, -0.2) is 4.79 Å². The summed E-state index contributed by atoms with van der Waals surface area (Å²) in [4.78, 5) is 77.1. The molecule has 13 N–H and O–H groups in total. The number of rotatable bonds is 21. The number of aliphatic hydroxyl groups is 2. The van der Waals surface area contributed by atoms with Gasteiger partial charge in [-0.15, -0.1) is 0 Å². The fraction of sp³-hybridized carbons (Fsp3) is 0.455. The molecule has 0 aliphatic carbocycles. The minimum absolute atomic E-state index is 0.0175. The number of hydrogen-bond acceptors (Lipinski definition) is 11. The lowest BCUT2D eigenvalue weighted by Gasteiger charge is -2.27. The number of hydrogen-bond donors (Lipinski definition) is 11. The van der Waals surface area contributed by atoms with Crippen molar-refractivity contribution in [1.82, 2.24) is 26.6 Å². The van der Waals surface area contributed by atoms with Crippen LogP contribution in [0.15, 0.2) is 54.6 Å². The summed E-state index contributed by atoms with van der Waals surface area (Å²) in [6.45, 7) is 0.117. The summed E-state index contributed by atoms with van der Waals surface area (Å²) >= 11 is 0. The third-order valence-corrected chi connectivity index (χ3v) is 7.57. The highest BCUT2D eigenvalue weighted by Gasteiger charge is 2.33. The molecule has 2 rings (SSSR count). The molecule has 0 aromatic heterocycles. The van der Waals surface area contributed by atoms with Gasteiger partial charge in [-0.2, -0.15) is 0 Å². The average molecular weight is 702 g/mol. The molecule has 50 heavy (non-hydrogen) atoms. The molecule has 17 heteroatoms. The summed E-state index contributed by atoms with van der Waals surface area (Å²) in [5.41, 5.74) is 12.0. The van der Waals surface area contributed by atoms with Crippen molar-refractivity contribution in [3.8, 4) is 5.75 Å². The van der Waals surface area contributed by atoms with E-state index in [4.69, 9.17) is 11.5 Å². The predicted octanol–water partition coefficient (Wildman–Crippen LogP) is -2.85. The van der Waals surface area contributed by atoms with Crippen LogP contribution in [0, 0.1) is 0 Å². The molecule has 0 saturated carbocycles. The number of unbranched alkanes of at least 4 members (excludes halogenated alkanes) is 1. The molecule has 0 heterocycles. The van der Waals surface area contributed by atoms with Crippen molar-refractivity contribution in [3.05, 3.63) is 65.7 Å². The second-order valence-electron chi connectivity index (χ2n) is 11.6. The summed E-state index contributed by atoms with van der Waals surface area (Å²) in [6, 6.07) is 7.31. The zero-order valence-electron chi connectivity index (χ0n) is 27.7. The molecule has 17 nitrogen and oxygen atoms in total. The van der Waals surface area contributed by atoms with Crippen molar-refractivity contribution in [1.29, 1.82) is 0 Å². The van der Waals surface area contributed by atoms with E-state index >= 15 is 0 Å². The Kier molecular flexibility index (Phi) is 17.3. The number of nitrogens with one attached hydrogen (secondary N) is 5. The number of phenols is 1. The summed E-state index contributed by atoms with van der Waals surface area (Å²) < 4.78 is 0. The van der Waals surface area contributed by atoms with E-state index in [0.29, 0.717) is 24.0 Å². The molecule has 0 spiro atoms. The van der Waals surface area contributed by atoms with E-state index in [-0.39, 0.29) is 31.6 Å². The first-order valence-corrected chi connectivity index (χ1v) is 16.0. The molecule has 274 valence electrons. The standard InChI is InChI=1S/C33H47N7O10/c1-19(42)28(40-27(44)17-35)32(48)39-26(18-41)31(47)36-23(9-5-6-14-34)29(45)37-24(15-20-7-3-2-4-8-20)30(46)38-25(33(49)50)16-21-10-12-22(43)13-11-21/h2-4,7-8,10-13,19,23-26,28,41-43H,5-6,9,14-18,34-35H2,1H3,(H,36,47)(H,37,45)(H,38,46)(H,39,48)(H,40,44)(H,49,50)/t19-,23+,24+,25+,26+,28+/m1/s1. The minimum Gasteiger partial charge on any atom is -0.508 e. The number of carbonyl (C=O) groups excluding carboxylic acids is 5. The molecule has 0 aliphatic heterocycles. The largest absolute Gasteiger partial charge is 0.508 e. The van der Waals surface area contributed by atoms with E-state index in [1.807, 2.05) is 0 Å². The van der Waals surface area contributed by atoms with Gasteiger partial charge in [0.15, 0.2) is 0 Å². The molecule has 2 aromatic rings. The molecule has 0 saturated heterocycles. The normalized spacial score (nSPS) is 14.5. The van der Waals surface area contributed by atoms with Crippen molar-refractivity contribution in [3.63, 3.8) is 0 Å². The van der Waals surface area contributed by atoms with Crippen LogP contribution in [0.4, 0.5) is 0 Å². The number of benzene rings is 2. The smallest absolute Gasteiger partial charge is 0.326 e. The Labute approximate surface area is 289 Å². The molecule has 2 aromatic carbocycles. The molecule has 0 fully saturated rings. The Hall–Kier alpha value is -5.10. The Bertz CT molecular complexity index is 1430. The summed E-state index contributed by atoms with van der Waals surface area (Å²) in [7, 11) is 0. The molecule has 0 aliphatic rings. The number of aromatic hydroxyl groups is 1. The van der Waals surface area contributed by atoms with E-state index in [1.165, 1.54) is 31.2 Å². The third-order valence-electron chi connectivity index (χ3n) is 7.57. The van der Waals surface area contributed by atoms with Crippen LogP contribution in [0.5, 0.6) is 5.75 Å². The van der Waals surface area contributed by atoms with Gasteiger partial charge >= 0.3 is 5.97 Å². The van der Waals surface area contributed by atoms with Crippen LogP contribution in [0.25, 0.3) is 0 Å². The number of carboxylic acid groups (broad SMARTS) is 1. The highest BCUT2D eigenvalue weighted by molar-refractivity contribution is 5.96. The lowest BCUT2D eigenvalue weighted by molar-refractivity contribution is -0.142. The fourth-order valence-electron chi connectivity index (χ4n) is 4.80. The maximum atomic E-state index is 13.7. The quantitative estimate of drug-likeness (QED) is 0.0587. The first kappa shape index (κ1) is 41.1. The highest BCUT2D eigenvalue weighted by Crippen LogP contribution is 2.12. The number of nitrogens with two attached hydrogens (primary N) is 2. The van der Waals surface area contributed by atoms with Gasteiger partial charge in [0, 0.05) is 12.8 Å². The van der Waals surface area contributed by atoms with E-state index in [9.17, 15) is 49.2 Å². The maximum absolute atomic E-state index is 13.7. The average Bonchev–Trinajstić information content (AvgIpc) is 3.09. The van der Waals surface area contributed by atoms with Crippen LogP contribution >= 0.6 is 0 Å². The molecule has 0 radical (unpaired) electrons. The molecular formula is C33H47N7O10. The summed E-state index contributed by atoms with van der Waals surface area (Å²) in [5.74, 6) is -5.71. The van der Waals surface area contributed by atoms with Gasteiger partial charge in [0.05, 0.1) is 19.3 Å². The zero-order valence-corrected chi connectivity index (χ0v) is 27.7. The van der Waals surface area contributed by atoms with Crippen LogP contribution in [-0.2, 0) is 41.6 Å². The van der Waals surface area contributed by atoms with Crippen molar-refractivity contribution >= 4 is 35.5 Å². The summed E-state index contributed by atoms with van der Waals surface area (Å²) in [5, 5.41) is 51.3. The zero-order chi connectivity index (χ0) is 37.2. The van der Waals surface area contributed by atoms with Crippen LogP contribution in [0.1, 0.15) is 37.3 Å². The fourth-order valence-corrected chi connectivity index (χ4v) is 4.80. The number of carboxylic acids is 1. The number of amides is 5. The molecule has 0 bridgehead atoms. The minimum atomic E-state index is -1.61. The van der Waals surface area contributed by atoms with Gasteiger partial charge in [0.25, 0.3) is 0 Å². The van der Waals surface area contributed by atoms with E-state index in [1.54, 1.807) is 30.3 Å². The van der Waals surface area contributed by atoms with Crippen molar-refractivity contribution in [2.24, 2.45) is 11.5 Å². The monoisotopic (exact) mass is 701 g/mol. The second-order valence-corrected chi connectivity index (χ2v) is 11.6. The van der Waals surface area contributed by atoms with Crippen LogP contribution in [-0.4, -0.2) is 112 Å². The number of aliphatic hydroxyl groups excluding tert-OH is 2. The van der Waals surface area contributed by atoms with Crippen molar-refractivity contribution in [2.75, 3.05) is 19.7 Å². The number of aliphatic carboxylic acids is 1. The predicted molar refractivity (Wildman–Crippen MR) is 180 cm³/mol. The lowest BCUT2D eigenvalue weighted by atomic mass is 10.0. The van der Waals surface area contributed by atoms with Gasteiger partial charge < -0.3 is 58.5 Å². The number of phenolic OH excluding ortho intramolecular Hbond substituents is 1. The van der Waals surface area contributed by atoms with Gasteiger partial charge in [-0.3, -0.25) is 24.0 Å². The molecule has 0 unspecified atom stereocenters. The third kappa shape index (κ3) is 13.8. The van der Waals surface area contributed by atoms with Gasteiger partial charge in [0.2, 0.25) is 29.5 Å². The van der Waals surface area contributed by atoms with Crippen LogP contribution in [0.3, 0.4) is 0 Å². The van der Waals surface area contributed by atoms with Gasteiger partial charge in [0.1, 0.15) is 36.0 Å². The molecule has 6 atom stereocenters. The van der Waals surface area contributed by atoms with Gasteiger partial charge in [-0.1, -0.05) is 42.5 Å². The molecular weight excluding hydrogens is 654 g/mol. The Morgan fingerprint density at radius 2 is 1.20 bits per heavy atom. The van der Waals surface area contributed by atoms with E-state index < -0.39 is 85.0 Å². The summed E-state index contributed by atoms with van der Waals surface area (Å²) in [6.07, 6.45) is -0.672. The molecule has 5 amide bonds. The first-order chi connectivity index (χ1) is 23.8. The van der Waals surface area contributed by atoms with Crippen LogP contribution < -0.4 is 38.1 Å². The topological polar surface area (TPSA) is 296 Å².